The second-order valence-electron chi connectivity index (χ2n) is 9.49. The summed E-state index contributed by atoms with van der Waals surface area (Å²) in [6.07, 6.45) is 12.0. The maximum absolute atomic E-state index is 3.00. The predicted octanol–water partition coefficient (Wildman–Crippen LogP) is 4.29. The third-order valence-corrected chi connectivity index (χ3v) is 7.89. The Labute approximate surface area is 137 Å². The lowest BCUT2D eigenvalue weighted by molar-refractivity contribution is -0.00684. The molecule has 0 aromatic rings. The van der Waals surface area contributed by atoms with E-state index in [1.165, 1.54) is 58.0 Å². The summed E-state index contributed by atoms with van der Waals surface area (Å²) in [7, 11) is 0. The first-order chi connectivity index (χ1) is 10.5. The van der Waals surface area contributed by atoms with E-state index in [2.05, 4.69) is 37.5 Å². The number of likely N-dealkylation sites (tertiary alicyclic amines) is 2. The highest BCUT2D eigenvalue weighted by molar-refractivity contribution is 5.16. The molecule has 2 aliphatic heterocycles. The van der Waals surface area contributed by atoms with E-state index in [1.807, 2.05) is 0 Å². The molecule has 2 atom stereocenters. The molecule has 2 saturated heterocycles. The van der Waals surface area contributed by atoms with Crippen molar-refractivity contribution in [1.82, 2.24) is 9.80 Å². The monoisotopic (exact) mass is 304 g/mol. The van der Waals surface area contributed by atoms with Gasteiger partial charge in [-0.3, -0.25) is 4.90 Å². The van der Waals surface area contributed by atoms with Gasteiger partial charge < -0.3 is 4.90 Å². The van der Waals surface area contributed by atoms with E-state index >= 15 is 0 Å². The first-order valence-electron chi connectivity index (χ1n) is 10.00. The second kappa shape index (κ2) is 5.21. The van der Waals surface area contributed by atoms with Crippen LogP contribution in [0.2, 0.25) is 0 Å². The minimum absolute atomic E-state index is 0.640. The first-order valence-corrected chi connectivity index (χ1v) is 10.00. The van der Waals surface area contributed by atoms with Gasteiger partial charge in [-0.25, -0.2) is 0 Å². The van der Waals surface area contributed by atoms with Gasteiger partial charge in [0.1, 0.15) is 0 Å². The summed E-state index contributed by atoms with van der Waals surface area (Å²) in [4.78, 5) is 5.70. The van der Waals surface area contributed by atoms with Gasteiger partial charge in [-0.15, -0.1) is 0 Å². The van der Waals surface area contributed by atoms with Crippen molar-refractivity contribution in [2.75, 3.05) is 13.1 Å². The number of nitrogens with zero attached hydrogens (tertiary/aromatic N) is 2. The van der Waals surface area contributed by atoms with Gasteiger partial charge in [-0.05, 0) is 103 Å². The Balaban J connectivity index is 1.44. The normalized spacial score (nSPS) is 37.4. The van der Waals surface area contributed by atoms with E-state index in [0.717, 1.165) is 29.5 Å². The molecule has 4 aliphatic rings. The van der Waals surface area contributed by atoms with E-state index in [9.17, 15) is 0 Å². The van der Waals surface area contributed by atoms with Crippen LogP contribution in [0, 0.1) is 11.3 Å². The Morgan fingerprint density at radius 1 is 0.864 bits per heavy atom. The third-order valence-electron chi connectivity index (χ3n) is 7.89. The summed E-state index contributed by atoms with van der Waals surface area (Å²) >= 11 is 0. The van der Waals surface area contributed by atoms with Gasteiger partial charge in [0.05, 0.1) is 0 Å². The lowest BCUT2D eigenvalue weighted by Crippen LogP contribution is -2.55. The average Bonchev–Trinajstić information content (AvgIpc) is 2.97. The summed E-state index contributed by atoms with van der Waals surface area (Å²) < 4.78 is 0. The third kappa shape index (κ3) is 2.20. The summed E-state index contributed by atoms with van der Waals surface area (Å²) in [5, 5.41) is 0. The number of hydrogen-bond donors (Lipinski definition) is 0. The lowest BCUT2D eigenvalue weighted by atomic mass is 9.74. The molecule has 0 amide bonds. The molecule has 0 radical (unpaired) electrons. The highest BCUT2D eigenvalue weighted by atomic mass is 15.3. The molecule has 2 spiro atoms. The molecule has 4 rings (SSSR count). The van der Waals surface area contributed by atoms with Crippen molar-refractivity contribution in [3.63, 3.8) is 0 Å². The zero-order valence-corrected chi connectivity index (χ0v) is 15.3. The van der Waals surface area contributed by atoms with Gasteiger partial charge in [0.2, 0.25) is 0 Å². The molecule has 2 heteroatoms. The summed E-state index contributed by atoms with van der Waals surface area (Å²) in [6, 6.07) is 2.42. The Morgan fingerprint density at radius 2 is 1.55 bits per heavy atom. The molecule has 2 saturated carbocycles. The summed E-state index contributed by atoms with van der Waals surface area (Å²) in [6.45, 7) is 12.3. The molecule has 2 nitrogen and oxygen atoms in total. The molecule has 0 aromatic heterocycles. The lowest BCUT2D eigenvalue weighted by Gasteiger charge is -2.50. The molecule has 0 N–H and O–H groups in total. The number of rotatable bonds is 3. The van der Waals surface area contributed by atoms with Crippen molar-refractivity contribution in [2.45, 2.75) is 103 Å². The topological polar surface area (TPSA) is 6.48 Å². The van der Waals surface area contributed by atoms with Crippen LogP contribution in [0.5, 0.6) is 0 Å². The van der Waals surface area contributed by atoms with Gasteiger partial charge in [-0.1, -0.05) is 0 Å². The first kappa shape index (κ1) is 15.4. The second-order valence-corrected chi connectivity index (χ2v) is 9.49. The van der Waals surface area contributed by atoms with Crippen LogP contribution < -0.4 is 0 Å². The largest absolute Gasteiger partial charge is 0.301 e. The molecule has 2 unspecified atom stereocenters. The van der Waals surface area contributed by atoms with E-state index in [-0.39, 0.29) is 0 Å². The molecule has 2 heterocycles. The average molecular weight is 305 g/mol. The SMILES string of the molecule is CC(C)N1CCC2(CC1)CC2C1CCC2(CCC2)N1C(C)C. The van der Waals surface area contributed by atoms with Gasteiger partial charge in [0.25, 0.3) is 0 Å². The Morgan fingerprint density at radius 3 is 2.05 bits per heavy atom. The smallest absolute Gasteiger partial charge is 0.0216 e. The van der Waals surface area contributed by atoms with Gasteiger partial charge in [-0.2, -0.15) is 0 Å². The quantitative estimate of drug-likeness (QED) is 0.767. The van der Waals surface area contributed by atoms with Crippen LogP contribution in [-0.4, -0.2) is 46.6 Å². The van der Waals surface area contributed by atoms with Crippen molar-refractivity contribution in [1.29, 1.82) is 0 Å². The maximum Gasteiger partial charge on any atom is 0.0216 e. The maximum atomic E-state index is 3.00. The molecule has 0 aromatic carbocycles. The van der Waals surface area contributed by atoms with E-state index in [1.54, 1.807) is 6.42 Å². The minimum atomic E-state index is 0.640. The molecule has 0 bridgehead atoms. The molecule has 22 heavy (non-hydrogen) atoms. The predicted molar refractivity (Wildman–Crippen MR) is 93.1 cm³/mol. The fraction of sp³-hybridized carbons (Fsp3) is 1.00. The van der Waals surface area contributed by atoms with Crippen molar-refractivity contribution in [3.8, 4) is 0 Å². The van der Waals surface area contributed by atoms with Crippen LogP contribution in [0.1, 0.15) is 79.1 Å². The molecule has 2 aliphatic carbocycles. The Hall–Kier alpha value is -0.0800. The van der Waals surface area contributed by atoms with Crippen LogP contribution in [0.25, 0.3) is 0 Å². The fourth-order valence-electron chi connectivity index (χ4n) is 6.44. The van der Waals surface area contributed by atoms with Crippen molar-refractivity contribution >= 4 is 0 Å². The van der Waals surface area contributed by atoms with Crippen molar-refractivity contribution < 1.29 is 0 Å². The van der Waals surface area contributed by atoms with Crippen LogP contribution in [-0.2, 0) is 0 Å². The summed E-state index contributed by atoms with van der Waals surface area (Å²) in [5.74, 6) is 1.03. The summed E-state index contributed by atoms with van der Waals surface area (Å²) in [5.41, 5.74) is 1.39. The number of piperidine rings is 1. The van der Waals surface area contributed by atoms with Crippen molar-refractivity contribution in [2.24, 2.45) is 11.3 Å². The fourth-order valence-corrected chi connectivity index (χ4v) is 6.44. The Kier molecular flexibility index (Phi) is 3.66. The zero-order valence-electron chi connectivity index (χ0n) is 15.3. The molecular formula is C20H36N2. The molecular weight excluding hydrogens is 268 g/mol. The highest BCUT2D eigenvalue weighted by Gasteiger charge is 2.63. The van der Waals surface area contributed by atoms with E-state index in [4.69, 9.17) is 0 Å². The van der Waals surface area contributed by atoms with Gasteiger partial charge >= 0.3 is 0 Å². The van der Waals surface area contributed by atoms with Crippen molar-refractivity contribution in [3.05, 3.63) is 0 Å². The molecule has 126 valence electrons. The van der Waals surface area contributed by atoms with Gasteiger partial charge in [0, 0.05) is 23.7 Å². The van der Waals surface area contributed by atoms with Gasteiger partial charge in [0.15, 0.2) is 0 Å². The standard InChI is InChI=1S/C20H36N2/c1-15(2)21-12-10-19(11-13-21)14-17(19)18-6-9-20(7-5-8-20)22(18)16(3)4/h15-18H,5-14H2,1-4H3. The molecule has 4 fully saturated rings. The van der Waals surface area contributed by atoms with E-state index in [0.29, 0.717) is 5.54 Å². The van der Waals surface area contributed by atoms with Crippen LogP contribution in [0.15, 0.2) is 0 Å². The zero-order chi connectivity index (χ0) is 15.5. The highest BCUT2D eigenvalue weighted by Crippen LogP contribution is 2.65. The van der Waals surface area contributed by atoms with Crippen LogP contribution in [0.3, 0.4) is 0 Å². The van der Waals surface area contributed by atoms with Crippen LogP contribution >= 0.6 is 0 Å². The number of hydrogen-bond acceptors (Lipinski definition) is 2. The Bertz CT molecular complexity index is 415. The van der Waals surface area contributed by atoms with Crippen LogP contribution in [0.4, 0.5) is 0 Å². The van der Waals surface area contributed by atoms with E-state index < -0.39 is 0 Å². The minimum Gasteiger partial charge on any atom is -0.301 e.